The highest BCUT2D eigenvalue weighted by Gasteiger charge is 2.06. The zero-order valence-electron chi connectivity index (χ0n) is 20.8. The van der Waals surface area contributed by atoms with Crippen molar-refractivity contribution < 1.29 is 0 Å². The molecule has 0 aromatic heterocycles. The molecule has 2 aromatic carbocycles. The van der Waals surface area contributed by atoms with E-state index in [0.717, 1.165) is 44.6 Å². The zero-order chi connectivity index (χ0) is 25.3. The van der Waals surface area contributed by atoms with E-state index in [1.54, 1.807) is 11.6 Å². The molecule has 1 atom stereocenters. The minimum atomic E-state index is 0.335. The van der Waals surface area contributed by atoms with Crippen LogP contribution in [0.3, 0.4) is 0 Å². The number of nitrogens with one attached hydrogen (secondary N) is 2. The van der Waals surface area contributed by atoms with Crippen LogP contribution in [0, 0.1) is 0 Å². The van der Waals surface area contributed by atoms with Crippen molar-refractivity contribution in [1.29, 1.82) is 0 Å². The third-order valence-electron chi connectivity index (χ3n) is 5.47. The summed E-state index contributed by atoms with van der Waals surface area (Å²) in [5.74, 6) is 0. The molecule has 4 nitrogen and oxygen atoms in total. The molecule has 0 aliphatic heterocycles. The van der Waals surface area contributed by atoms with Gasteiger partial charge in [-0.3, -0.25) is 4.99 Å². The summed E-state index contributed by atoms with van der Waals surface area (Å²) in [6.45, 7) is 16.0. The Labute approximate surface area is 216 Å². The average molecular weight is 487 g/mol. The smallest absolute Gasteiger partial charge is 0.0644 e. The van der Waals surface area contributed by atoms with Crippen LogP contribution in [0.5, 0.6) is 0 Å². The molecule has 2 aromatic rings. The predicted octanol–water partition coefficient (Wildman–Crippen LogP) is 5.99. The largest absolute Gasteiger partial charge is 0.389 e. The standard InChI is InChI=1S/C30H38N4S/c1-25(31-4)10-8-9-19-32-20-21-34(24-35)23-30-17-15-29(16-18-30)22-27(3)33-26(2)13-14-28-11-6-5-7-12-28/h5-12,15-19,24,27,32-33H,1-2,4,13-14,20-23H2,3H3/b10-8-,19-9-. The summed E-state index contributed by atoms with van der Waals surface area (Å²) in [4.78, 5) is 5.86. The van der Waals surface area contributed by atoms with Crippen LogP contribution >= 0.6 is 12.2 Å². The Morgan fingerprint density at radius 3 is 2.43 bits per heavy atom. The molecule has 35 heavy (non-hydrogen) atoms. The molecule has 2 N–H and O–H groups in total. The van der Waals surface area contributed by atoms with Crippen molar-refractivity contribution in [3.05, 3.63) is 120 Å². The molecule has 0 radical (unpaired) electrons. The number of benzene rings is 2. The van der Waals surface area contributed by atoms with E-state index in [2.05, 4.69) is 102 Å². The first-order valence-corrected chi connectivity index (χ1v) is 12.4. The fraction of sp³-hybridized carbons (Fsp3) is 0.267. The van der Waals surface area contributed by atoms with E-state index in [1.165, 1.54) is 16.7 Å². The van der Waals surface area contributed by atoms with Gasteiger partial charge in [0.25, 0.3) is 0 Å². The van der Waals surface area contributed by atoms with Gasteiger partial charge < -0.3 is 15.5 Å². The van der Waals surface area contributed by atoms with Gasteiger partial charge in [-0.25, -0.2) is 0 Å². The van der Waals surface area contributed by atoms with Crippen LogP contribution in [0.4, 0.5) is 0 Å². The Morgan fingerprint density at radius 2 is 1.74 bits per heavy atom. The van der Waals surface area contributed by atoms with Crippen molar-refractivity contribution in [3.8, 4) is 0 Å². The Hall–Kier alpha value is -3.44. The number of aliphatic imine (C=N–C) groups is 1. The molecule has 0 spiro atoms. The fourth-order valence-corrected chi connectivity index (χ4v) is 3.76. The molecule has 0 fully saturated rings. The maximum Gasteiger partial charge on any atom is 0.0644 e. The minimum absolute atomic E-state index is 0.335. The van der Waals surface area contributed by atoms with Gasteiger partial charge >= 0.3 is 0 Å². The van der Waals surface area contributed by atoms with Crippen molar-refractivity contribution in [2.24, 2.45) is 4.99 Å². The lowest BCUT2D eigenvalue weighted by atomic mass is 10.0. The highest BCUT2D eigenvalue weighted by atomic mass is 32.1. The summed E-state index contributed by atoms with van der Waals surface area (Å²) in [6, 6.07) is 19.7. The topological polar surface area (TPSA) is 39.7 Å². The Kier molecular flexibility index (Phi) is 12.9. The SMILES string of the molecule is C=NC(=C)/C=C\C=C/NCCN(C=S)Cc1ccc(CC(C)NC(=C)CCc2ccccc2)cc1. The normalized spacial score (nSPS) is 11.8. The Morgan fingerprint density at radius 1 is 1.03 bits per heavy atom. The van der Waals surface area contributed by atoms with Gasteiger partial charge in [0.2, 0.25) is 0 Å². The second-order valence-electron chi connectivity index (χ2n) is 8.55. The highest BCUT2D eigenvalue weighted by molar-refractivity contribution is 7.78. The van der Waals surface area contributed by atoms with Crippen molar-refractivity contribution in [2.45, 2.75) is 38.8 Å². The number of hydrogen-bond acceptors (Lipinski definition) is 4. The van der Waals surface area contributed by atoms with Crippen LogP contribution in [0.15, 0.2) is 109 Å². The highest BCUT2D eigenvalue weighted by Crippen LogP contribution is 2.11. The molecule has 0 aliphatic rings. The van der Waals surface area contributed by atoms with Gasteiger partial charge in [-0.2, -0.15) is 0 Å². The third kappa shape index (κ3) is 12.0. The maximum atomic E-state index is 5.21. The first-order chi connectivity index (χ1) is 17.0. The van der Waals surface area contributed by atoms with Gasteiger partial charge in [-0.15, -0.1) is 0 Å². The van der Waals surface area contributed by atoms with Crippen molar-refractivity contribution in [2.75, 3.05) is 13.1 Å². The van der Waals surface area contributed by atoms with Gasteiger partial charge in [0.05, 0.1) is 11.2 Å². The molecule has 2 rings (SSSR count). The van der Waals surface area contributed by atoms with Crippen LogP contribution < -0.4 is 10.6 Å². The molecule has 0 saturated heterocycles. The summed E-state index contributed by atoms with van der Waals surface area (Å²) in [6.07, 6.45) is 10.4. The lowest BCUT2D eigenvalue weighted by molar-refractivity contribution is 0.431. The van der Waals surface area contributed by atoms with Gasteiger partial charge in [0.15, 0.2) is 0 Å². The van der Waals surface area contributed by atoms with Crippen molar-refractivity contribution in [1.82, 2.24) is 15.5 Å². The molecule has 5 heteroatoms. The van der Waals surface area contributed by atoms with E-state index in [9.17, 15) is 0 Å². The second-order valence-corrected chi connectivity index (χ2v) is 8.76. The Balaban J connectivity index is 1.70. The molecule has 0 aliphatic carbocycles. The van der Waals surface area contributed by atoms with Gasteiger partial charge in [-0.1, -0.05) is 86.0 Å². The van der Waals surface area contributed by atoms with Gasteiger partial charge in [0.1, 0.15) is 0 Å². The van der Waals surface area contributed by atoms with Crippen LogP contribution in [0.25, 0.3) is 0 Å². The number of rotatable bonds is 17. The van der Waals surface area contributed by atoms with E-state index >= 15 is 0 Å². The summed E-state index contributed by atoms with van der Waals surface area (Å²) in [5.41, 5.74) is 7.36. The summed E-state index contributed by atoms with van der Waals surface area (Å²) < 4.78 is 0. The molecular weight excluding hydrogens is 448 g/mol. The van der Waals surface area contributed by atoms with Crippen molar-refractivity contribution in [3.63, 3.8) is 0 Å². The molecule has 184 valence electrons. The van der Waals surface area contributed by atoms with Crippen LogP contribution in [-0.2, 0) is 19.4 Å². The molecule has 1 unspecified atom stereocenters. The predicted molar refractivity (Wildman–Crippen MR) is 156 cm³/mol. The van der Waals surface area contributed by atoms with Crippen LogP contribution in [-0.4, -0.2) is 36.2 Å². The molecule has 0 heterocycles. The summed E-state index contributed by atoms with van der Waals surface area (Å²) >= 11 is 5.21. The second kappa shape index (κ2) is 16.2. The first kappa shape index (κ1) is 27.8. The molecule has 0 amide bonds. The first-order valence-electron chi connectivity index (χ1n) is 12.0. The molecular formula is C30H38N4S. The van der Waals surface area contributed by atoms with E-state index in [0.29, 0.717) is 11.7 Å². The molecule has 0 saturated carbocycles. The number of thiocarbonyl (C=S) groups is 1. The third-order valence-corrected chi connectivity index (χ3v) is 5.77. The van der Waals surface area contributed by atoms with E-state index < -0.39 is 0 Å². The minimum Gasteiger partial charge on any atom is -0.389 e. The number of hydrogen-bond donors (Lipinski definition) is 2. The number of nitrogens with zero attached hydrogens (tertiary/aromatic N) is 2. The lowest BCUT2D eigenvalue weighted by Gasteiger charge is -2.20. The maximum absolute atomic E-state index is 5.21. The summed E-state index contributed by atoms with van der Waals surface area (Å²) in [5, 5.41) is 6.82. The fourth-order valence-electron chi connectivity index (χ4n) is 3.58. The lowest BCUT2D eigenvalue weighted by Crippen LogP contribution is -2.28. The van der Waals surface area contributed by atoms with E-state index in [-0.39, 0.29) is 0 Å². The number of aryl methyl sites for hydroxylation is 1. The van der Waals surface area contributed by atoms with Gasteiger partial charge in [-0.05, 0) is 67.9 Å². The average Bonchev–Trinajstić information content (AvgIpc) is 2.87. The quantitative estimate of drug-likeness (QED) is 0.125. The van der Waals surface area contributed by atoms with Crippen molar-refractivity contribution >= 4 is 24.4 Å². The van der Waals surface area contributed by atoms with Gasteiger partial charge in [0, 0.05) is 31.4 Å². The molecule has 0 bridgehead atoms. The zero-order valence-corrected chi connectivity index (χ0v) is 21.6. The number of allylic oxidation sites excluding steroid dienone is 4. The summed E-state index contributed by atoms with van der Waals surface area (Å²) in [7, 11) is 0. The van der Waals surface area contributed by atoms with Crippen LogP contribution in [0.1, 0.15) is 30.0 Å². The van der Waals surface area contributed by atoms with E-state index in [1.807, 2.05) is 18.4 Å². The van der Waals surface area contributed by atoms with E-state index in [4.69, 9.17) is 12.2 Å². The van der Waals surface area contributed by atoms with Crippen LogP contribution in [0.2, 0.25) is 0 Å². The Bertz CT molecular complexity index is 993. The monoisotopic (exact) mass is 486 g/mol.